The van der Waals surface area contributed by atoms with Gasteiger partial charge in [-0.25, -0.2) is 4.79 Å². The van der Waals surface area contributed by atoms with E-state index in [4.69, 9.17) is 9.47 Å². The number of nitrogens with zero attached hydrogens (tertiary/aromatic N) is 1. The summed E-state index contributed by atoms with van der Waals surface area (Å²) in [5.41, 5.74) is 2.89. The monoisotopic (exact) mass is 395 g/mol. The Balaban J connectivity index is 1.19. The minimum absolute atomic E-state index is 0.154. The fourth-order valence-corrected chi connectivity index (χ4v) is 3.84. The molecule has 29 heavy (non-hydrogen) atoms. The Labute approximate surface area is 172 Å². The van der Waals surface area contributed by atoms with E-state index in [9.17, 15) is 4.79 Å². The maximum Gasteiger partial charge on any atom is 0.319 e. The van der Waals surface area contributed by atoms with Crippen LogP contribution in [-0.2, 0) is 0 Å². The van der Waals surface area contributed by atoms with Gasteiger partial charge in [0.15, 0.2) is 11.5 Å². The van der Waals surface area contributed by atoms with Crippen LogP contribution >= 0.6 is 0 Å². The second-order valence-electron chi connectivity index (χ2n) is 7.64. The fraction of sp³-hybridized carbons (Fsp3) is 0.435. The highest BCUT2D eigenvalue weighted by atomic mass is 16.7. The molecule has 2 aromatic carbocycles. The number of hydrogen-bond donors (Lipinski definition) is 2. The van der Waals surface area contributed by atoms with Gasteiger partial charge in [-0.1, -0.05) is 24.6 Å². The second kappa shape index (κ2) is 9.65. The van der Waals surface area contributed by atoms with Gasteiger partial charge in [0.05, 0.1) is 0 Å². The number of carbonyl (C=O) groups excluding carboxylic acids is 1. The van der Waals surface area contributed by atoms with Crippen LogP contribution in [0.25, 0.3) is 11.1 Å². The van der Waals surface area contributed by atoms with Gasteiger partial charge in [-0.05, 0) is 80.7 Å². The van der Waals surface area contributed by atoms with Gasteiger partial charge in [0, 0.05) is 12.2 Å². The van der Waals surface area contributed by atoms with Crippen LogP contribution in [0.1, 0.15) is 32.1 Å². The Kier molecular flexibility index (Phi) is 6.52. The lowest BCUT2D eigenvalue weighted by Crippen LogP contribution is -2.32. The summed E-state index contributed by atoms with van der Waals surface area (Å²) in [6.45, 7) is 4.58. The molecule has 2 heterocycles. The van der Waals surface area contributed by atoms with Gasteiger partial charge in [-0.15, -0.1) is 0 Å². The average molecular weight is 396 g/mol. The lowest BCUT2D eigenvalue weighted by Gasteiger charge is -2.26. The first-order chi connectivity index (χ1) is 14.3. The number of ether oxygens (including phenoxy) is 2. The van der Waals surface area contributed by atoms with E-state index in [-0.39, 0.29) is 12.8 Å². The topological polar surface area (TPSA) is 62.8 Å². The smallest absolute Gasteiger partial charge is 0.319 e. The summed E-state index contributed by atoms with van der Waals surface area (Å²) in [6.07, 6.45) is 6.16. The maximum atomic E-state index is 12.1. The molecule has 0 atom stereocenters. The van der Waals surface area contributed by atoms with Crippen molar-refractivity contribution in [1.29, 1.82) is 0 Å². The number of likely N-dealkylation sites (tertiary alicyclic amines) is 1. The molecule has 2 aromatic rings. The normalized spacial score (nSPS) is 15.9. The summed E-state index contributed by atoms with van der Waals surface area (Å²) in [5, 5.41) is 5.84. The molecule has 6 heteroatoms. The van der Waals surface area contributed by atoms with Crippen LogP contribution in [0, 0.1) is 0 Å². The van der Waals surface area contributed by atoms with E-state index >= 15 is 0 Å². The predicted molar refractivity (Wildman–Crippen MR) is 115 cm³/mol. The number of benzene rings is 2. The number of rotatable bonds is 7. The highest BCUT2D eigenvalue weighted by Gasteiger charge is 2.14. The van der Waals surface area contributed by atoms with Crippen molar-refractivity contribution in [1.82, 2.24) is 10.2 Å². The van der Waals surface area contributed by atoms with Crippen molar-refractivity contribution < 1.29 is 14.3 Å². The molecular weight excluding hydrogens is 366 g/mol. The van der Waals surface area contributed by atoms with Crippen LogP contribution in [0.3, 0.4) is 0 Å². The van der Waals surface area contributed by atoms with Crippen LogP contribution in [0.15, 0.2) is 42.5 Å². The molecule has 1 saturated heterocycles. The Morgan fingerprint density at radius 1 is 0.897 bits per heavy atom. The third kappa shape index (κ3) is 5.41. The van der Waals surface area contributed by atoms with E-state index in [1.807, 2.05) is 42.5 Å². The molecule has 4 rings (SSSR count). The number of amides is 2. The molecule has 0 saturated carbocycles. The van der Waals surface area contributed by atoms with E-state index in [2.05, 4.69) is 15.5 Å². The summed E-state index contributed by atoms with van der Waals surface area (Å²) in [7, 11) is 0. The van der Waals surface area contributed by atoms with Crippen LogP contribution in [0.4, 0.5) is 10.5 Å². The summed E-state index contributed by atoms with van der Waals surface area (Å²) < 4.78 is 10.8. The lowest BCUT2D eigenvalue weighted by molar-refractivity contribution is 0.174. The first-order valence-corrected chi connectivity index (χ1v) is 10.6. The SMILES string of the molecule is O=C(NCCCCN1CCCCC1)Nc1ccc(-c2ccc3c(c2)OCO3)cc1. The molecule has 2 N–H and O–H groups in total. The molecule has 0 spiro atoms. The highest BCUT2D eigenvalue weighted by Crippen LogP contribution is 2.36. The minimum atomic E-state index is -0.154. The first-order valence-electron chi connectivity index (χ1n) is 10.6. The van der Waals surface area contributed by atoms with Crippen molar-refractivity contribution in [3.05, 3.63) is 42.5 Å². The number of urea groups is 1. The van der Waals surface area contributed by atoms with Crippen LogP contribution in [0.5, 0.6) is 11.5 Å². The molecule has 2 aliphatic rings. The van der Waals surface area contributed by atoms with Crippen LogP contribution in [0.2, 0.25) is 0 Å². The van der Waals surface area contributed by atoms with Gasteiger partial charge in [0.2, 0.25) is 6.79 Å². The lowest BCUT2D eigenvalue weighted by atomic mass is 10.0. The van der Waals surface area contributed by atoms with Crippen LogP contribution < -0.4 is 20.1 Å². The molecule has 0 bridgehead atoms. The van der Waals surface area contributed by atoms with Crippen molar-refractivity contribution in [2.24, 2.45) is 0 Å². The van der Waals surface area contributed by atoms with E-state index in [0.717, 1.165) is 47.7 Å². The molecular formula is C23H29N3O3. The number of nitrogens with one attached hydrogen (secondary N) is 2. The molecule has 1 fully saturated rings. The maximum absolute atomic E-state index is 12.1. The zero-order valence-corrected chi connectivity index (χ0v) is 16.8. The summed E-state index contributed by atoms with van der Waals surface area (Å²) >= 11 is 0. The largest absolute Gasteiger partial charge is 0.454 e. The fourth-order valence-electron chi connectivity index (χ4n) is 3.84. The van der Waals surface area contributed by atoms with E-state index in [1.54, 1.807) is 0 Å². The van der Waals surface area contributed by atoms with E-state index < -0.39 is 0 Å². The number of anilines is 1. The van der Waals surface area contributed by atoms with Gasteiger partial charge in [-0.2, -0.15) is 0 Å². The van der Waals surface area contributed by atoms with Gasteiger partial charge in [-0.3, -0.25) is 0 Å². The van der Waals surface area contributed by atoms with Crippen LogP contribution in [-0.4, -0.2) is 43.9 Å². The Morgan fingerprint density at radius 2 is 1.66 bits per heavy atom. The second-order valence-corrected chi connectivity index (χ2v) is 7.64. The molecule has 0 unspecified atom stereocenters. The van der Waals surface area contributed by atoms with Crippen molar-refractivity contribution in [2.45, 2.75) is 32.1 Å². The van der Waals surface area contributed by atoms with Crippen molar-refractivity contribution in [3.8, 4) is 22.6 Å². The van der Waals surface area contributed by atoms with Crippen molar-refractivity contribution in [2.75, 3.05) is 38.3 Å². The summed E-state index contributed by atoms with van der Waals surface area (Å²) in [5.74, 6) is 1.55. The molecule has 0 aromatic heterocycles. The zero-order chi connectivity index (χ0) is 19.9. The van der Waals surface area contributed by atoms with E-state index in [1.165, 1.54) is 32.4 Å². The average Bonchev–Trinajstić information content (AvgIpc) is 3.23. The first kappa shape index (κ1) is 19.6. The van der Waals surface area contributed by atoms with Gasteiger partial charge >= 0.3 is 6.03 Å². The molecule has 0 aliphatic carbocycles. The molecule has 0 radical (unpaired) electrons. The number of fused-ring (bicyclic) bond motifs is 1. The Bertz CT molecular complexity index is 817. The quantitative estimate of drug-likeness (QED) is 0.679. The predicted octanol–water partition coefficient (Wildman–Crippen LogP) is 4.47. The third-order valence-corrected chi connectivity index (χ3v) is 5.48. The van der Waals surface area contributed by atoms with E-state index in [0.29, 0.717) is 6.54 Å². The zero-order valence-electron chi connectivity index (χ0n) is 16.8. The Morgan fingerprint density at radius 3 is 2.48 bits per heavy atom. The number of unbranched alkanes of at least 4 members (excludes halogenated alkanes) is 1. The highest BCUT2D eigenvalue weighted by molar-refractivity contribution is 5.89. The number of hydrogen-bond acceptors (Lipinski definition) is 4. The van der Waals surface area contributed by atoms with Crippen molar-refractivity contribution in [3.63, 3.8) is 0 Å². The number of piperidine rings is 1. The van der Waals surface area contributed by atoms with Gasteiger partial charge in [0.1, 0.15) is 0 Å². The summed E-state index contributed by atoms with van der Waals surface area (Å²) in [6, 6.07) is 13.6. The Hall–Kier alpha value is -2.73. The third-order valence-electron chi connectivity index (χ3n) is 5.48. The minimum Gasteiger partial charge on any atom is -0.454 e. The number of carbonyl (C=O) groups is 1. The summed E-state index contributed by atoms with van der Waals surface area (Å²) in [4.78, 5) is 14.6. The molecule has 2 aliphatic heterocycles. The molecule has 2 amide bonds. The molecule has 6 nitrogen and oxygen atoms in total. The van der Waals surface area contributed by atoms with Gasteiger partial charge in [0.25, 0.3) is 0 Å². The standard InChI is InChI=1S/C23H29N3O3/c27-23(24-12-2-5-15-26-13-3-1-4-14-26)25-20-9-6-18(7-10-20)19-8-11-21-22(16-19)29-17-28-21/h6-11,16H,1-5,12-15,17H2,(H2,24,25,27). The molecule has 154 valence electrons. The van der Waals surface area contributed by atoms with Gasteiger partial charge < -0.3 is 25.0 Å². The van der Waals surface area contributed by atoms with Crippen molar-refractivity contribution >= 4 is 11.7 Å².